The molecule has 1 fully saturated rings. The molecule has 16 heavy (non-hydrogen) atoms. The van der Waals surface area contributed by atoms with Gasteiger partial charge in [-0.3, -0.25) is 4.90 Å². The number of likely N-dealkylation sites (tertiary alicyclic amines) is 1. The van der Waals surface area contributed by atoms with E-state index in [2.05, 4.69) is 22.1 Å². The van der Waals surface area contributed by atoms with Crippen LogP contribution in [0.25, 0.3) is 0 Å². The van der Waals surface area contributed by atoms with Gasteiger partial charge in [-0.1, -0.05) is 6.92 Å². The van der Waals surface area contributed by atoms with Gasteiger partial charge in [0.1, 0.15) is 5.76 Å². The van der Waals surface area contributed by atoms with Gasteiger partial charge in [-0.25, -0.2) is 4.98 Å². The van der Waals surface area contributed by atoms with Crippen LogP contribution in [0.1, 0.15) is 25.0 Å². The molecule has 1 N–H and O–H groups in total. The summed E-state index contributed by atoms with van der Waals surface area (Å²) in [4.78, 5) is 6.72. The summed E-state index contributed by atoms with van der Waals surface area (Å²) in [5, 5.41) is 3.24. The molecule has 0 saturated carbocycles. The molecule has 2 heterocycles. The highest BCUT2D eigenvalue weighted by Gasteiger charge is 2.22. The van der Waals surface area contributed by atoms with Crippen LogP contribution in [0, 0.1) is 5.92 Å². The van der Waals surface area contributed by atoms with E-state index < -0.39 is 0 Å². The summed E-state index contributed by atoms with van der Waals surface area (Å²) in [6, 6.07) is 0. The fraction of sp³-hybridized carbons (Fsp3) is 0.750. The standard InChI is InChI=1S/C12H21N3O/c1-3-11-7-14-12(16-11)9-15-5-4-10(8-15)6-13-2/h7,10,13H,3-6,8-9H2,1-2H3. The van der Waals surface area contributed by atoms with E-state index in [1.54, 1.807) is 0 Å². The Balaban J connectivity index is 1.82. The van der Waals surface area contributed by atoms with Crippen molar-refractivity contribution >= 4 is 0 Å². The lowest BCUT2D eigenvalue weighted by Gasteiger charge is -2.13. The van der Waals surface area contributed by atoms with E-state index in [4.69, 9.17) is 4.42 Å². The van der Waals surface area contributed by atoms with Crippen molar-refractivity contribution in [1.29, 1.82) is 0 Å². The minimum absolute atomic E-state index is 0.783. The monoisotopic (exact) mass is 223 g/mol. The highest BCUT2D eigenvalue weighted by molar-refractivity contribution is 4.94. The van der Waals surface area contributed by atoms with Crippen molar-refractivity contribution in [2.75, 3.05) is 26.7 Å². The quantitative estimate of drug-likeness (QED) is 0.816. The molecule has 90 valence electrons. The maximum Gasteiger partial charge on any atom is 0.208 e. The van der Waals surface area contributed by atoms with Crippen molar-refractivity contribution in [3.05, 3.63) is 17.8 Å². The lowest BCUT2D eigenvalue weighted by Crippen LogP contribution is -2.24. The van der Waals surface area contributed by atoms with Crippen molar-refractivity contribution < 1.29 is 4.42 Å². The average Bonchev–Trinajstić information content (AvgIpc) is 2.89. The number of hydrogen-bond donors (Lipinski definition) is 1. The molecule has 4 nitrogen and oxygen atoms in total. The highest BCUT2D eigenvalue weighted by atomic mass is 16.4. The van der Waals surface area contributed by atoms with Gasteiger partial charge in [0, 0.05) is 13.0 Å². The zero-order chi connectivity index (χ0) is 11.4. The van der Waals surface area contributed by atoms with Crippen LogP contribution in [0.2, 0.25) is 0 Å². The third kappa shape index (κ3) is 2.83. The summed E-state index contributed by atoms with van der Waals surface area (Å²) < 4.78 is 5.62. The molecular formula is C12H21N3O. The second-order valence-electron chi connectivity index (χ2n) is 4.52. The maximum absolute atomic E-state index is 5.62. The molecule has 2 rings (SSSR count). The van der Waals surface area contributed by atoms with Gasteiger partial charge in [-0.05, 0) is 32.5 Å². The fourth-order valence-electron chi connectivity index (χ4n) is 2.29. The number of hydrogen-bond acceptors (Lipinski definition) is 4. The van der Waals surface area contributed by atoms with Crippen LogP contribution in [-0.4, -0.2) is 36.6 Å². The Morgan fingerprint density at radius 2 is 2.50 bits per heavy atom. The molecule has 0 aliphatic carbocycles. The number of nitrogens with zero attached hydrogens (tertiary/aromatic N) is 2. The van der Waals surface area contributed by atoms with E-state index in [0.29, 0.717) is 0 Å². The molecule has 1 unspecified atom stereocenters. The van der Waals surface area contributed by atoms with Gasteiger partial charge in [0.05, 0.1) is 12.7 Å². The van der Waals surface area contributed by atoms with Crippen LogP contribution < -0.4 is 5.32 Å². The lowest BCUT2D eigenvalue weighted by molar-refractivity contribution is 0.276. The van der Waals surface area contributed by atoms with Crippen LogP contribution in [0.3, 0.4) is 0 Å². The van der Waals surface area contributed by atoms with Gasteiger partial charge in [0.2, 0.25) is 5.89 Å². The van der Waals surface area contributed by atoms with Crippen molar-refractivity contribution in [2.45, 2.75) is 26.3 Å². The number of aryl methyl sites for hydroxylation is 1. The highest BCUT2D eigenvalue weighted by Crippen LogP contribution is 2.18. The van der Waals surface area contributed by atoms with Crippen LogP contribution in [-0.2, 0) is 13.0 Å². The third-order valence-electron chi connectivity index (χ3n) is 3.17. The zero-order valence-corrected chi connectivity index (χ0v) is 10.2. The smallest absolute Gasteiger partial charge is 0.208 e. The second kappa shape index (κ2) is 5.46. The lowest BCUT2D eigenvalue weighted by atomic mass is 10.1. The Labute approximate surface area is 97.0 Å². The Hall–Kier alpha value is -0.870. The number of nitrogens with one attached hydrogen (secondary N) is 1. The van der Waals surface area contributed by atoms with Crippen LogP contribution >= 0.6 is 0 Å². The first-order valence-electron chi connectivity index (χ1n) is 6.12. The molecule has 4 heteroatoms. The summed E-state index contributed by atoms with van der Waals surface area (Å²) >= 11 is 0. The van der Waals surface area contributed by atoms with Crippen molar-refractivity contribution in [3.63, 3.8) is 0 Å². The predicted molar refractivity (Wildman–Crippen MR) is 63.2 cm³/mol. The zero-order valence-electron chi connectivity index (χ0n) is 10.2. The molecule has 1 aliphatic rings. The van der Waals surface area contributed by atoms with Crippen molar-refractivity contribution in [3.8, 4) is 0 Å². The molecule has 1 aromatic rings. The molecule has 1 aromatic heterocycles. The fourth-order valence-corrected chi connectivity index (χ4v) is 2.29. The largest absolute Gasteiger partial charge is 0.444 e. The SMILES string of the molecule is CCc1cnc(CN2CCC(CNC)C2)o1. The minimum atomic E-state index is 0.783. The van der Waals surface area contributed by atoms with E-state index in [1.165, 1.54) is 6.42 Å². The first-order valence-corrected chi connectivity index (χ1v) is 6.12. The first kappa shape index (κ1) is 11.6. The van der Waals surface area contributed by atoms with E-state index in [9.17, 15) is 0 Å². The summed E-state index contributed by atoms with van der Waals surface area (Å²) in [5.41, 5.74) is 0. The van der Waals surface area contributed by atoms with E-state index in [0.717, 1.165) is 50.2 Å². The summed E-state index contributed by atoms with van der Waals surface area (Å²) in [6.07, 6.45) is 4.05. The van der Waals surface area contributed by atoms with Gasteiger partial charge in [-0.15, -0.1) is 0 Å². The number of oxazole rings is 1. The van der Waals surface area contributed by atoms with E-state index in [1.807, 2.05) is 13.2 Å². The normalized spacial score (nSPS) is 21.8. The molecule has 0 spiro atoms. The molecule has 0 radical (unpaired) electrons. The van der Waals surface area contributed by atoms with E-state index in [-0.39, 0.29) is 0 Å². The number of rotatable bonds is 5. The maximum atomic E-state index is 5.62. The molecule has 0 aromatic carbocycles. The summed E-state index contributed by atoms with van der Waals surface area (Å²) in [7, 11) is 2.02. The minimum Gasteiger partial charge on any atom is -0.444 e. The Morgan fingerprint density at radius 1 is 1.62 bits per heavy atom. The van der Waals surface area contributed by atoms with Gasteiger partial charge in [-0.2, -0.15) is 0 Å². The second-order valence-corrected chi connectivity index (χ2v) is 4.52. The predicted octanol–water partition coefficient (Wildman–Crippen LogP) is 1.28. The summed E-state index contributed by atoms with van der Waals surface area (Å²) in [6.45, 7) is 6.38. The van der Waals surface area contributed by atoms with Crippen LogP contribution in [0.5, 0.6) is 0 Å². The van der Waals surface area contributed by atoms with Gasteiger partial charge in [0.25, 0.3) is 0 Å². The van der Waals surface area contributed by atoms with Gasteiger partial charge < -0.3 is 9.73 Å². The summed E-state index contributed by atoms with van der Waals surface area (Å²) in [5.74, 6) is 2.63. The van der Waals surface area contributed by atoms with Gasteiger partial charge in [0.15, 0.2) is 0 Å². The Bertz CT molecular complexity index is 324. The van der Waals surface area contributed by atoms with Crippen molar-refractivity contribution in [1.82, 2.24) is 15.2 Å². The topological polar surface area (TPSA) is 41.3 Å². The molecule has 1 atom stereocenters. The van der Waals surface area contributed by atoms with Gasteiger partial charge >= 0.3 is 0 Å². The Kier molecular flexibility index (Phi) is 3.96. The van der Waals surface area contributed by atoms with Crippen LogP contribution in [0.15, 0.2) is 10.6 Å². The Morgan fingerprint density at radius 3 is 3.19 bits per heavy atom. The molecule has 0 bridgehead atoms. The molecule has 1 saturated heterocycles. The molecule has 0 amide bonds. The first-order chi connectivity index (χ1) is 7.81. The molecular weight excluding hydrogens is 202 g/mol. The van der Waals surface area contributed by atoms with E-state index >= 15 is 0 Å². The average molecular weight is 223 g/mol. The molecule has 1 aliphatic heterocycles. The van der Waals surface area contributed by atoms with Crippen molar-refractivity contribution in [2.24, 2.45) is 5.92 Å². The van der Waals surface area contributed by atoms with Crippen LogP contribution in [0.4, 0.5) is 0 Å². The third-order valence-corrected chi connectivity index (χ3v) is 3.17. The number of aromatic nitrogens is 1.